The lowest BCUT2D eigenvalue weighted by Crippen LogP contribution is -2.23. The zero-order valence-corrected chi connectivity index (χ0v) is 14.9. The van der Waals surface area contributed by atoms with Crippen LogP contribution in [-0.2, 0) is 9.53 Å². The first-order valence-corrected chi connectivity index (χ1v) is 8.38. The molecule has 2 aromatic rings. The van der Waals surface area contributed by atoms with Gasteiger partial charge in [-0.15, -0.1) is 11.8 Å². The Bertz CT molecular complexity index is 816. The first kappa shape index (κ1) is 19.2. The predicted molar refractivity (Wildman–Crippen MR) is 93.1 cm³/mol. The average molecular weight is 386 g/mol. The Morgan fingerprint density at radius 1 is 1.20 bits per heavy atom. The monoisotopic (exact) mass is 385 g/mol. The third-order valence-electron chi connectivity index (χ3n) is 3.21. The number of thioether (sulfide) groups is 1. The topological polar surface area (TPSA) is 55.4 Å². The van der Waals surface area contributed by atoms with E-state index in [1.54, 1.807) is 13.0 Å². The predicted octanol–water partition coefficient (Wildman–Crippen LogP) is 4.52. The fraction of sp³-hybridized carbons (Fsp3) is 0.176. The number of esters is 1. The van der Waals surface area contributed by atoms with E-state index in [1.807, 2.05) is 0 Å². The number of anilines is 1. The second-order valence-electron chi connectivity index (χ2n) is 5.01. The van der Waals surface area contributed by atoms with Gasteiger partial charge in [0.25, 0.3) is 0 Å². The molecule has 0 aliphatic carbocycles. The van der Waals surface area contributed by atoms with Crippen LogP contribution in [0.1, 0.15) is 17.3 Å². The maximum absolute atomic E-state index is 13.6. The van der Waals surface area contributed by atoms with Crippen molar-refractivity contribution in [2.75, 3.05) is 12.4 Å². The number of carbonyl (C=O) groups is 2. The molecule has 0 fully saturated rings. The molecule has 2 rings (SSSR count). The van der Waals surface area contributed by atoms with Crippen LogP contribution in [0.2, 0.25) is 5.02 Å². The van der Waals surface area contributed by atoms with Gasteiger partial charge < -0.3 is 10.1 Å². The number of benzene rings is 2. The van der Waals surface area contributed by atoms with Crippen molar-refractivity contribution in [1.29, 1.82) is 0 Å². The molecular formula is C17H14ClF2NO3S. The molecule has 1 N–H and O–H groups in total. The maximum Gasteiger partial charge on any atom is 0.339 e. The number of ether oxygens (including phenoxy) is 1. The Kier molecular flexibility index (Phi) is 6.39. The van der Waals surface area contributed by atoms with Crippen LogP contribution in [0, 0.1) is 11.6 Å². The van der Waals surface area contributed by atoms with E-state index < -0.39 is 28.8 Å². The van der Waals surface area contributed by atoms with Gasteiger partial charge in [-0.2, -0.15) is 0 Å². The van der Waals surface area contributed by atoms with Crippen molar-refractivity contribution in [1.82, 2.24) is 0 Å². The quantitative estimate of drug-likeness (QED) is 0.607. The van der Waals surface area contributed by atoms with Crippen LogP contribution in [0.5, 0.6) is 0 Å². The number of rotatable bonds is 5. The molecule has 0 saturated carbocycles. The summed E-state index contributed by atoms with van der Waals surface area (Å²) in [5.74, 6) is -2.64. The van der Waals surface area contributed by atoms with Gasteiger partial charge in [0, 0.05) is 11.0 Å². The standard InChI is InChI=1S/C17H14ClF2NO3S/c1-9(16(22)21-15-6-3-10(19)7-14(15)20)25-11-4-5-13(18)12(8-11)17(23)24-2/h3-9H,1-2H3,(H,21,22). The molecule has 132 valence electrons. The lowest BCUT2D eigenvalue weighted by molar-refractivity contribution is -0.115. The van der Waals surface area contributed by atoms with Crippen molar-refractivity contribution in [2.24, 2.45) is 0 Å². The van der Waals surface area contributed by atoms with Gasteiger partial charge in [-0.25, -0.2) is 13.6 Å². The maximum atomic E-state index is 13.6. The van der Waals surface area contributed by atoms with Crippen molar-refractivity contribution in [3.05, 3.63) is 58.6 Å². The molecule has 0 aromatic heterocycles. The third-order valence-corrected chi connectivity index (χ3v) is 4.64. The first-order valence-electron chi connectivity index (χ1n) is 7.12. The van der Waals surface area contributed by atoms with Crippen LogP contribution in [0.15, 0.2) is 41.3 Å². The molecule has 0 heterocycles. The molecule has 0 bridgehead atoms. The molecular weight excluding hydrogens is 372 g/mol. The number of methoxy groups -OCH3 is 1. The molecule has 4 nitrogen and oxygen atoms in total. The minimum Gasteiger partial charge on any atom is -0.465 e. The minimum absolute atomic E-state index is 0.106. The lowest BCUT2D eigenvalue weighted by Gasteiger charge is -2.13. The highest BCUT2D eigenvalue weighted by atomic mass is 35.5. The fourth-order valence-electron chi connectivity index (χ4n) is 1.93. The third kappa shape index (κ3) is 4.93. The zero-order chi connectivity index (χ0) is 18.6. The summed E-state index contributed by atoms with van der Waals surface area (Å²) in [6.45, 7) is 1.62. The molecule has 1 unspecified atom stereocenters. The Hall–Kier alpha value is -2.12. The van der Waals surface area contributed by atoms with Gasteiger partial charge in [-0.3, -0.25) is 4.79 Å². The largest absolute Gasteiger partial charge is 0.465 e. The molecule has 1 atom stereocenters. The molecule has 0 aliphatic heterocycles. The van der Waals surface area contributed by atoms with Crippen molar-refractivity contribution in [3.8, 4) is 0 Å². The summed E-state index contributed by atoms with van der Waals surface area (Å²) in [5, 5.41) is 2.04. The van der Waals surface area contributed by atoms with E-state index in [0.29, 0.717) is 11.0 Å². The second-order valence-corrected chi connectivity index (χ2v) is 6.83. The van der Waals surface area contributed by atoms with Gasteiger partial charge >= 0.3 is 5.97 Å². The van der Waals surface area contributed by atoms with E-state index in [-0.39, 0.29) is 16.3 Å². The van der Waals surface area contributed by atoms with Crippen molar-refractivity contribution in [2.45, 2.75) is 17.1 Å². The molecule has 0 aliphatic rings. The molecule has 0 spiro atoms. The molecule has 25 heavy (non-hydrogen) atoms. The summed E-state index contributed by atoms with van der Waals surface area (Å²) in [5.41, 5.74) is 0.0801. The number of nitrogens with one attached hydrogen (secondary N) is 1. The number of amides is 1. The van der Waals surface area contributed by atoms with Gasteiger partial charge in [0.1, 0.15) is 11.6 Å². The number of hydrogen-bond acceptors (Lipinski definition) is 4. The summed E-state index contributed by atoms with van der Waals surface area (Å²) < 4.78 is 31.1. The Balaban J connectivity index is 2.09. The highest BCUT2D eigenvalue weighted by molar-refractivity contribution is 8.00. The molecule has 2 aromatic carbocycles. The van der Waals surface area contributed by atoms with Gasteiger partial charge in [0.05, 0.1) is 28.6 Å². The lowest BCUT2D eigenvalue weighted by atomic mass is 10.2. The smallest absolute Gasteiger partial charge is 0.339 e. The summed E-state index contributed by atoms with van der Waals surface area (Å²) in [6, 6.07) is 7.59. The molecule has 1 amide bonds. The van der Waals surface area contributed by atoms with Gasteiger partial charge in [0.2, 0.25) is 5.91 Å². The Labute approximate surface area is 152 Å². The normalized spacial score (nSPS) is 11.7. The van der Waals surface area contributed by atoms with E-state index in [2.05, 4.69) is 10.1 Å². The van der Waals surface area contributed by atoms with Gasteiger partial charge in [-0.05, 0) is 37.3 Å². The van der Waals surface area contributed by atoms with Crippen LogP contribution < -0.4 is 5.32 Å². The summed E-state index contributed by atoms with van der Waals surface area (Å²) in [4.78, 5) is 24.4. The van der Waals surface area contributed by atoms with Crippen LogP contribution in [0.3, 0.4) is 0 Å². The fourth-order valence-corrected chi connectivity index (χ4v) is 3.03. The molecule has 0 saturated heterocycles. The van der Waals surface area contributed by atoms with E-state index >= 15 is 0 Å². The first-order chi connectivity index (χ1) is 11.8. The highest BCUT2D eigenvalue weighted by Gasteiger charge is 2.18. The van der Waals surface area contributed by atoms with Crippen molar-refractivity contribution in [3.63, 3.8) is 0 Å². The molecule has 8 heteroatoms. The minimum atomic E-state index is -0.856. The Morgan fingerprint density at radius 3 is 2.56 bits per heavy atom. The van der Waals surface area contributed by atoms with E-state index in [4.69, 9.17) is 11.6 Å². The second kappa shape index (κ2) is 8.31. The summed E-state index contributed by atoms with van der Waals surface area (Å²) >= 11 is 7.10. The Morgan fingerprint density at radius 2 is 1.92 bits per heavy atom. The molecule has 0 radical (unpaired) electrons. The zero-order valence-electron chi connectivity index (χ0n) is 13.3. The highest BCUT2D eigenvalue weighted by Crippen LogP contribution is 2.29. The van der Waals surface area contributed by atoms with Crippen LogP contribution in [0.4, 0.5) is 14.5 Å². The average Bonchev–Trinajstić information content (AvgIpc) is 2.58. The number of hydrogen-bond donors (Lipinski definition) is 1. The van der Waals surface area contributed by atoms with Gasteiger partial charge in [0.15, 0.2) is 0 Å². The van der Waals surface area contributed by atoms with Crippen molar-refractivity contribution >= 4 is 40.9 Å². The van der Waals surface area contributed by atoms with Crippen LogP contribution in [0.25, 0.3) is 0 Å². The van der Waals surface area contributed by atoms with E-state index in [9.17, 15) is 18.4 Å². The summed E-state index contributed by atoms with van der Waals surface area (Å²) in [7, 11) is 1.24. The summed E-state index contributed by atoms with van der Waals surface area (Å²) in [6.07, 6.45) is 0. The van der Waals surface area contributed by atoms with E-state index in [1.165, 1.54) is 19.2 Å². The number of carbonyl (C=O) groups excluding carboxylic acids is 2. The van der Waals surface area contributed by atoms with E-state index in [0.717, 1.165) is 23.9 Å². The number of halogens is 3. The van der Waals surface area contributed by atoms with Crippen LogP contribution in [-0.4, -0.2) is 24.2 Å². The van der Waals surface area contributed by atoms with Gasteiger partial charge in [-0.1, -0.05) is 11.6 Å². The van der Waals surface area contributed by atoms with Crippen molar-refractivity contribution < 1.29 is 23.1 Å². The SMILES string of the molecule is COC(=O)c1cc(SC(C)C(=O)Nc2ccc(F)cc2F)ccc1Cl. The van der Waals surface area contributed by atoms with Crippen LogP contribution >= 0.6 is 23.4 Å².